The zero-order chi connectivity index (χ0) is 11.5. The van der Waals surface area contributed by atoms with Gasteiger partial charge in [-0.2, -0.15) is 0 Å². The Balaban J connectivity index is 1.90. The predicted molar refractivity (Wildman–Crippen MR) is 71.3 cm³/mol. The Morgan fingerprint density at radius 2 is 2.12 bits per heavy atom. The van der Waals surface area contributed by atoms with Gasteiger partial charge >= 0.3 is 0 Å². The number of benzene rings is 1. The highest BCUT2D eigenvalue weighted by molar-refractivity contribution is 9.10. The van der Waals surface area contributed by atoms with Crippen molar-refractivity contribution >= 4 is 15.9 Å². The summed E-state index contributed by atoms with van der Waals surface area (Å²) in [6.45, 7) is 2.03. The van der Waals surface area contributed by atoms with Crippen molar-refractivity contribution in [2.24, 2.45) is 0 Å². The molecule has 84 valence electrons. The van der Waals surface area contributed by atoms with Crippen LogP contribution in [0.25, 0.3) is 0 Å². The molecule has 1 saturated carbocycles. The van der Waals surface area contributed by atoms with E-state index in [1.54, 1.807) is 0 Å². The Labute approximate surface area is 106 Å². The summed E-state index contributed by atoms with van der Waals surface area (Å²) >= 11 is 3.60. The van der Waals surface area contributed by atoms with Crippen molar-refractivity contribution in [2.75, 3.05) is 0 Å². The lowest BCUT2D eigenvalue weighted by Gasteiger charge is -2.37. The zero-order valence-corrected chi connectivity index (χ0v) is 11.0. The second-order valence-corrected chi connectivity index (χ2v) is 5.30. The second-order valence-electron chi connectivity index (χ2n) is 4.44. The third kappa shape index (κ3) is 2.48. The van der Waals surface area contributed by atoms with E-state index in [1.807, 2.05) is 6.92 Å². The molecule has 16 heavy (non-hydrogen) atoms. The Morgan fingerprint density at radius 3 is 2.75 bits per heavy atom. The normalized spacial score (nSPS) is 25.6. The summed E-state index contributed by atoms with van der Waals surface area (Å²) in [6, 6.07) is 9.25. The molecule has 0 aromatic heterocycles. The van der Waals surface area contributed by atoms with Gasteiger partial charge in [-0.3, -0.25) is 0 Å². The van der Waals surface area contributed by atoms with Gasteiger partial charge in [0.25, 0.3) is 0 Å². The summed E-state index contributed by atoms with van der Waals surface area (Å²) in [5, 5.41) is 3.43. The van der Waals surface area contributed by atoms with Gasteiger partial charge in [0.15, 0.2) is 0 Å². The van der Waals surface area contributed by atoms with Gasteiger partial charge in [-0.05, 0) is 37.3 Å². The molecule has 1 aromatic rings. The minimum absolute atomic E-state index is 0.185. The molecule has 0 heterocycles. The highest BCUT2D eigenvalue weighted by Crippen LogP contribution is 2.40. The average Bonchev–Trinajstić information content (AvgIpc) is 2.24. The largest absolute Gasteiger partial charge is 0.301 e. The Morgan fingerprint density at radius 1 is 1.44 bits per heavy atom. The SMILES string of the molecule is C#CC(C)NC1CC(c2ccccc2Br)C1. The summed E-state index contributed by atoms with van der Waals surface area (Å²) in [6.07, 6.45) is 7.73. The van der Waals surface area contributed by atoms with Crippen molar-refractivity contribution in [2.45, 2.75) is 37.8 Å². The molecule has 0 aliphatic heterocycles. The number of terminal acetylenes is 1. The summed E-state index contributed by atoms with van der Waals surface area (Å²) in [5.74, 6) is 3.39. The number of hydrogen-bond acceptors (Lipinski definition) is 1. The molecule has 1 nitrogen and oxygen atoms in total. The smallest absolute Gasteiger partial charge is 0.0660 e. The molecule has 1 N–H and O–H groups in total. The maximum atomic E-state index is 5.35. The van der Waals surface area contributed by atoms with Crippen LogP contribution in [0, 0.1) is 12.3 Å². The fourth-order valence-electron chi connectivity index (χ4n) is 2.22. The van der Waals surface area contributed by atoms with E-state index >= 15 is 0 Å². The molecule has 1 aromatic carbocycles. The highest BCUT2D eigenvalue weighted by Gasteiger charge is 2.31. The van der Waals surface area contributed by atoms with E-state index in [4.69, 9.17) is 6.42 Å². The van der Waals surface area contributed by atoms with Gasteiger partial charge in [-0.25, -0.2) is 0 Å². The molecule has 1 fully saturated rings. The Kier molecular flexibility index (Phi) is 3.68. The molecule has 1 atom stereocenters. The monoisotopic (exact) mass is 277 g/mol. The van der Waals surface area contributed by atoms with Gasteiger partial charge in [0.2, 0.25) is 0 Å². The van der Waals surface area contributed by atoms with Gasteiger partial charge in [0.05, 0.1) is 6.04 Å². The van der Waals surface area contributed by atoms with Crippen LogP contribution in [0.15, 0.2) is 28.7 Å². The number of rotatable bonds is 3. The van der Waals surface area contributed by atoms with Gasteiger partial charge in [-0.1, -0.05) is 40.0 Å². The summed E-state index contributed by atoms with van der Waals surface area (Å²) in [5.41, 5.74) is 1.42. The van der Waals surface area contributed by atoms with Crippen LogP contribution in [0.5, 0.6) is 0 Å². The van der Waals surface area contributed by atoms with E-state index in [-0.39, 0.29) is 6.04 Å². The van der Waals surface area contributed by atoms with E-state index in [0.717, 1.165) is 0 Å². The first-order valence-corrected chi connectivity index (χ1v) is 6.46. The molecule has 1 aliphatic carbocycles. The lowest BCUT2D eigenvalue weighted by atomic mass is 9.75. The van der Waals surface area contributed by atoms with Crippen molar-refractivity contribution in [1.29, 1.82) is 0 Å². The fourth-order valence-corrected chi connectivity index (χ4v) is 2.82. The second kappa shape index (κ2) is 5.03. The first-order valence-electron chi connectivity index (χ1n) is 5.67. The third-order valence-corrected chi connectivity index (χ3v) is 3.94. The van der Waals surface area contributed by atoms with E-state index in [9.17, 15) is 0 Å². The molecule has 1 aliphatic rings. The maximum Gasteiger partial charge on any atom is 0.0660 e. The molecule has 0 amide bonds. The maximum absolute atomic E-state index is 5.35. The quantitative estimate of drug-likeness (QED) is 0.836. The van der Waals surface area contributed by atoms with Crippen molar-refractivity contribution in [3.63, 3.8) is 0 Å². The Bertz CT molecular complexity index is 401. The fraction of sp³-hybridized carbons (Fsp3) is 0.429. The third-order valence-electron chi connectivity index (χ3n) is 3.22. The highest BCUT2D eigenvalue weighted by atomic mass is 79.9. The zero-order valence-electron chi connectivity index (χ0n) is 9.41. The number of nitrogens with one attached hydrogen (secondary N) is 1. The minimum Gasteiger partial charge on any atom is -0.301 e. The van der Waals surface area contributed by atoms with Crippen molar-refractivity contribution in [3.05, 3.63) is 34.3 Å². The van der Waals surface area contributed by atoms with Crippen molar-refractivity contribution < 1.29 is 0 Å². The van der Waals surface area contributed by atoms with E-state index in [2.05, 4.69) is 51.4 Å². The average molecular weight is 278 g/mol. The molecule has 2 rings (SSSR count). The molecule has 0 spiro atoms. The lowest BCUT2D eigenvalue weighted by Crippen LogP contribution is -2.44. The van der Waals surface area contributed by atoms with Crippen LogP contribution in [-0.4, -0.2) is 12.1 Å². The van der Waals surface area contributed by atoms with Crippen LogP contribution in [0.3, 0.4) is 0 Å². The summed E-state index contributed by atoms with van der Waals surface area (Å²) in [4.78, 5) is 0. The van der Waals surface area contributed by atoms with E-state index < -0.39 is 0 Å². The first-order chi connectivity index (χ1) is 7.70. The van der Waals surface area contributed by atoms with Gasteiger partial charge in [0, 0.05) is 10.5 Å². The van der Waals surface area contributed by atoms with Crippen LogP contribution in [0.2, 0.25) is 0 Å². The topological polar surface area (TPSA) is 12.0 Å². The van der Waals surface area contributed by atoms with Crippen LogP contribution in [0.4, 0.5) is 0 Å². The Hall–Kier alpha value is -0.780. The van der Waals surface area contributed by atoms with Gasteiger partial charge in [-0.15, -0.1) is 6.42 Å². The molecule has 1 unspecified atom stereocenters. The number of hydrogen-bond donors (Lipinski definition) is 1. The van der Waals surface area contributed by atoms with Crippen LogP contribution < -0.4 is 5.32 Å². The molecular weight excluding hydrogens is 262 g/mol. The van der Waals surface area contributed by atoms with Crippen LogP contribution in [-0.2, 0) is 0 Å². The summed E-state index contributed by atoms with van der Waals surface area (Å²) in [7, 11) is 0. The van der Waals surface area contributed by atoms with Crippen molar-refractivity contribution in [3.8, 4) is 12.3 Å². The number of halogens is 1. The molecule has 0 saturated heterocycles. The minimum atomic E-state index is 0.185. The van der Waals surface area contributed by atoms with Crippen LogP contribution in [0.1, 0.15) is 31.2 Å². The van der Waals surface area contributed by atoms with Gasteiger partial charge in [0.1, 0.15) is 0 Å². The standard InChI is InChI=1S/C14H16BrN/c1-3-10(2)16-12-8-11(9-12)13-6-4-5-7-14(13)15/h1,4-7,10-12,16H,8-9H2,2H3. The molecular formula is C14H16BrN. The van der Waals surface area contributed by atoms with Gasteiger partial charge < -0.3 is 5.32 Å². The lowest BCUT2D eigenvalue weighted by molar-refractivity contribution is 0.283. The molecule has 0 radical (unpaired) electrons. The molecule has 2 heteroatoms. The van der Waals surface area contributed by atoms with E-state index in [0.29, 0.717) is 12.0 Å². The predicted octanol–water partition coefficient (Wildman–Crippen LogP) is 3.31. The van der Waals surface area contributed by atoms with Crippen molar-refractivity contribution in [1.82, 2.24) is 5.32 Å². The molecule has 0 bridgehead atoms. The first kappa shape index (κ1) is 11.7. The van der Waals surface area contributed by atoms with E-state index in [1.165, 1.54) is 22.9 Å². The summed E-state index contributed by atoms with van der Waals surface area (Å²) < 4.78 is 1.23. The van der Waals surface area contributed by atoms with Crippen LogP contribution >= 0.6 is 15.9 Å².